The molecule has 234 valence electrons. The Morgan fingerprint density at radius 2 is 0.760 bits per heavy atom. The van der Waals surface area contributed by atoms with Crippen LogP contribution in [-0.2, 0) is 0 Å². The molecule has 0 amide bonds. The van der Waals surface area contributed by atoms with Crippen LogP contribution < -0.4 is 0 Å². The van der Waals surface area contributed by atoms with Crippen molar-refractivity contribution in [1.82, 2.24) is 9.13 Å². The second-order valence-corrected chi connectivity index (χ2v) is 12.2. The van der Waals surface area contributed by atoms with E-state index in [0.29, 0.717) is 11.4 Å². The molecule has 0 aliphatic heterocycles. The summed E-state index contributed by atoms with van der Waals surface area (Å²) in [5.41, 5.74) is 7.03. The van der Waals surface area contributed by atoms with E-state index in [1.54, 1.807) is 15.2 Å². The average molecular weight is 647 g/mol. The molecule has 2 heterocycles. The minimum Gasteiger partial charge on any atom is -0.309 e. The molecule has 0 spiro atoms. The molecule has 50 heavy (non-hydrogen) atoms. The number of benzene rings is 8. The Balaban J connectivity index is 1.35. The van der Waals surface area contributed by atoms with E-state index in [9.17, 15) is 8.22 Å². The summed E-state index contributed by atoms with van der Waals surface area (Å²) in [5, 5.41) is 0.552. The first kappa shape index (κ1) is 20.0. The second kappa shape index (κ2) is 11.5. The lowest BCUT2D eigenvalue weighted by molar-refractivity contribution is 1.17. The van der Waals surface area contributed by atoms with E-state index in [2.05, 4.69) is 6.07 Å². The molecule has 0 unspecified atom stereocenters. The molecule has 0 atom stereocenters. The van der Waals surface area contributed by atoms with Crippen molar-refractivity contribution in [2.24, 2.45) is 0 Å². The lowest BCUT2D eigenvalue weighted by Gasteiger charge is -2.12. The Bertz CT molecular complexity index is 3410. The van der Waals surface area contributed by atoms with Gasteiger partial charge >= 0.3 is 0 Å². The average Bonchev–Trinajstić information content (AvgIpc) is 3.84. The maximum atomic E-state index is 9.75. The van der Waals surface area contributed by atoms with Gasteiger partial charge in [0, 0.05) is 32.9 Å². The van der Waals surface area contributed by atoms with E-state index >= 15 is 0 Å². The molecule has 10 rings (SSSR count). The first-order chi connectivity index (χ1) is 29.0. The number of rotatable bonds is 5. The van der Waals surface area contributed by atoms with Gasteiger partial charge in [-0.1, -0.05) is 139 Å². The SMILES string of the molecule is [2H]c1c([2H])c([2H])c2c(c1[2H])c1c3c4c([2H])c([2H])c([2H])c([2H])c4n(-c4cccc(-c5cccc(-c6ccccc6)c5)c4)c3c([2H])c([2H])c1n2-c1ccc(-c2ccccc2)cc1. The Morgan fingerprint density at radius 3 is 1.36 bits per heavy atom. The molecule has 10 aromatic rings. The number of fused-ring (bicyclic) bond motifs is 7. The van der Waals surface area contributed by atoms with Crippen LogP contribution in [0, 0.1) is 0 Å². The summed E-state index contributed by atoms with van der Waals surface area (Å²) in [6, 6.07) is 38.8. The van der Waals surface area contributed by atoms with Crippen molar-refractivity contribution in [3.8, 4) is 44.8 Å². The molecule has 2 aromatic heterocycles. The van der Waals surface area contributed by atoms with E-state index in [1.807, 2.05) is 121 Å². The van der Waals surface area contributed by atoms with Crippen LogP contribution in [0.4, 0.5) is 0 Å². The third kappa shape index (κ3) is 4.50. The molecule has 0 saturated carbocycles. The molecule has 2 nitrogen and oxygen atoms in total. The van der Waals surface area contributed by atoms with Gasteiger partial charge in [-0.3, -0.25) is 0 Å². The summed E-state index contributed by atoms with van der Waals surface area (Å²) in [4.78, 5) is 0. The summed E-state index contributed by atoms with van der Waals surface area (Å²) in [5.74, 6) is 0. The van der Waals surface area contributed by atoms with Crippen molar-refractivity contribution in [1.29, 1.82) is 0 Å². The lowest BCUT2D eigenvalue weighted by Crippen LogP contribution is -1.95. The minimum atomic E-state index is -0.491. The van der Waals surface area contributed by atoms with Crippen LogP contribution in [-0.4, -0.2) is 9.13 Å². The lowest BCUT2D eigenvalue weighted by atomic mass is 9.99. The van der Waals surface area contributed by atoms with Crippen molar-refractivity contribution in [3.63, 3.8) is 0 Å². The van der Waals surface area contributed by atoms with Gasteiger partial charge in [0.25, 0.3) is 0 Å². The van der Waals surface area contributed by atoms with Gasteiger partial charge in [-0.15, -0.1) is 0 Å². The Hall–Kier alpha value is -6.64. The molecule has 8 aromatic carbocycles. The van der Waals surface area contributed by atoms with Crippen LogP contribution in [0.25, 0.3) is 88.4 Å². The van der Waals surface area contributed by atoms with Crippen molar-refractivity contribution >= 4 is 43.6 Å². The Labute approximate surface area is 304 Å². The molecule has 2 heteroatoms. The fourth-order valence-corrected chi connectivity index (χ4v) is 7.12. The molecular formula is C48H32N2. The third-order valence-corrected chi connectivity index (χ3v) is 9.39. The highest BCUT2D eigenvalue weighted by Crippen LogP contribution is 2.42. The van der Waals surface area contributed by atoms with E-state index in [0.717, 1.165) is 33.4 Å². The zero-order chi connectivity index (χ0) is 41.7. The highest BCUT2D eigenvalue weighted by Gasteiger charge is 2.20. The summed E-state index contributed by atoms with van der Waals surface area (Å²) < 4.78 is 95.0. The van der Waals surface area contributed by atoms with Crippen molar-refractivity contribution in [2.45, 2.75) is 0 Å². The van der Waals surface area contributed by atoms with Gasteiger partial charge in [0.05, 0.1) is 35.8 Å². The molecule has 0 aliphatic carbocycles. The maximum Gasteiger partial charge on any atom is 0.0646 e. The van der Waals surface area contributed by atoms with Crippen molar-refractivity contribution in [2.75, 3.05) is 0 Å². The number of nitrogens with zero attached hydrogens (tertiary/aromatic N) is 2. The molecule has 0 saturated heterocycles. The number of aromatic nitrogens is 2. The Morgan fingerprint density at radius 1 is 0.320 bits per heavy atom. The largest absolute Gasteiger partial charge is 0.309 e. The van der Waals surface area contributed by atoms with Crippen LogP contribution in [0.15, 0.2) is 194 Å². The fraction of sp³-hybridized carbons (Fsp3) is 0. The van der Waals surface area contributed by atoms with Gasteiger partial charge in [-0.25, -0.2) is 0 Å². The quantitative estimate of drug-likeness (QED) is 0.176. The number of hydrogen-bond donors (Lipinski definition) is 0. The van der Waals surface area contributed by atoms with Crippen molar-refractivity contribution < 1.29 is 13.7 Å². The van der Waals surface area contributed by atoms with Gasteiger partial charge in [0.15, 0.2) is 0 Å². The third-order valence-electron chi connectivity index (χ3n) is 9.39. The summed E-state index contributed by atoms with van der Waals surface area (Å²) >= 11 is 0. The zero-order valence-electron chi connectivity index (χ0n) is 36.6. The van der Waals surface area contributed by atoms with E-state index < -0.39 is 24.2 Å². The second-order valence-electron chi connectivity index (χ2n) is 12.2. The monoisotopic (exact) mass is 646 g/mol. The van der Waals surface area contributed by atoms with Crippen LogP contribution in [0.5, 0.6) is 0 Å². The van der Waals surface area contributed by atoms with E-state index in [4.69, 9.17) is 5.48 Å². The van der Waals surface area contributed by atoms with E-state index in [1.165, 1.54) is 0 Å². The summed E-state index contributed by atoms with van der Waals surface area (Å²) in [6.45, 7) is 0. The molecular weight excluding hydrogens is 605 g/mol. The smallest absolute Gasteiger partial charge is 0.0646 e. The van der Waals surface area contributed by atoms with Crippen LogP contribution in [0.3, 0.4) is 0 Å². The summed E-state index contributed by atoms with van der Waals surface area (Å²) in [6.07, 6.45) is 0. The van der Waals surface area contributed by atoms with Crippen molar-refractivity contribution in [3.05, 3.63) is 194 Å². The molecule has 0 radical (unpaired) electrons. The van der Waals surface area contributed by atoms with Gasteiger partial charge in [-0.2, -0.15) is 0 Å². The predicted molar refractivity (Wildman–Crippen MR) is 211 cm³/mol. The molecule has 0 aliphatic rings. The van der Waals surface area contributed by atoms with Gasteiger partial charge in [-0.05, 0) is 87.9 Å². The molecule has 0 bridgehead atoms. The fourth-order valence-electron chi connectivity index (χ4n) is 7.12. The molecule has 0 N–H and O–H groups in total. The maximum absolute atomic E-state index is 9.75. The minimum absolute atomic E-state index is 0.0804. The highest BCUT2D eigenvalue weighted by atomic mass is 15.0. The van der Waals surface area contributed by atoms with Gasteiger partial charge in [0.1, 0.15) is 0 Å². The Kier molecular flexibility index (Phi) is 4.60. The normalized spacial score (nSPS) is 14.4. The standard InChI is InChI=1S/C48H32N2/c1-3-13-33(14-4-1)35-25-27-39(28-26-35)49-43-23-9-7-21-41(43)47-45(49)29-30-46-48(47)42-22-8-10-24-44(42)50(46)40-20-12-19-38(32-40)37-18-11-17-36(31-37)34-15-5-2-6-16-34/h1-32H/i7D,8D,9D,10D,21D,22D,23D,24D,29D,30D. The molecule has 0 fully saturated rings. The topological polar surface area (TPSA) is 9.86 Å². The van der Waals surface area contributed by atoms with E-state index in [-0.39, 0.29) is 79.9 Å². The van der Waals surface area contributed by atoms with Crippen LogP contribution >= 0.6 is 0 Å². The summed E-state index contributed by atoms with van der Waals surface area (Å²) in [7, 11) is 0. The van der Waals surface area contributed by atoms with Gasteiger partial charge in [0.2, 0.25) is 0 Å². The number of para-hydroxylation sites is 2. The first-order valence-electron chi connectivity index (χ1n) is 21.4. The van der Waals surface area contributed by atoms with Gasteiger partial charge < -0.3 is 9.13 Å². The first-order valence-corrected chi connectivity index (χ1v) is 16.4. The number of hydrogen-bond acceptors (Lipinski definition) is 0. The van der Waals surface area contributed by atoms with Crippen LogP contribution in [0.1, 0.15) is 13.7 Å². The predicted octanol–water partition coefficient (Wildman–Crippen LogP) is 12.9. The zero-order valence-corrected chi connectivity index (χ0v) is 26.6. The van der Waals surface area contributed by atoms with Crippen LogP contribution in [0.2, 0.25) is 0 Å². The highest BCUT2D eigenvalue weighted by molar-refractivity contribution is 6.28.